The Bertz CT molecular complexity index is 448. The molecule has 1 saturated heterocycles. The SMILES string of the molecule is CCN(C(=O)C1NNC2CCCC21)c1ccccc1. The summed E-state index contributed by atoms with van der Waals surface area (Å²) in [5, 5.41) is 0. The Hall–Kier alpha value is -1.39. The predicted molar refractivity (Wildman–Crippen MR) is 75.7 cm³/mol. The average Bonchev–Trinajstić information content (AvgIpc) is 3.03. The highest BCUT2D eigenvalue weighted by Crippen LogP contribution is 2.32. The number of anilines is 1. The molecule has 0 bridgehead atoms. The number of para-hydroxylation sites is 1. The van der Waals surface area contributed by atoms with Crippen molar-refractivity contribution in [1.82, 2.24) is 10.9 Å². The molecule has 2 aliphatic rings. The van der Waals surface area contributed by atoms with Crippen LogP contribution < -0.4 is 15.8 Å². The van der Waals surface area contributed by atoms with Crippen LogP contribution in [0.1, 0.15) is 26.2 Å². The molecule has 19 heavy (non-hydrogen) atoms. The van der Waals surface area contributed by atoms with Gasteiger partial charge >= 0.3 is 0 Å². The van der Waals surface area contributed by atoms with E-state index in [4.69, 9.17) is 0 Å². The van der Waals surface area contributed by atoms with Gasteiger partial charge in [-0.1, -0.05) is 24.6 Å². The Morgan fingerprint density at radius 1 is 1.26 bits per heavy atom. The standard InChI is InChI=1S/C15H21N3O/c1-2-18(11-7-4-3-5-8-11)15(19)14-12-9-6-10-13(12)16-17-14/h3-5,7-8,12-14,16-17H,2,6,9-10H2,1H3. The zero-order chi connectivity index (χ0) is 13.2. The van der Waals surface area contributed by atoms with E-state index >= 15 is 0 Å². The van der Waals surface area contributed by atoms with Crippen LogP contribution in [0.5, 0.6) is 0 Å². The van der Waals surface area contributed by atoms with Crippen LogP contribution in [0.2, 0.25) is 0 Å². The van der Waals surface area contributed by atoms with Gasteiger partial charge in [-0.2, -0.15) is 0 Å². The Kier molecular flexibility index (Phi) is 3.53. The van der Waals surface area contributed by atoms with Gasteiger partial charge in [0.05, 0.1) is 0 Å². The minimum atomic E-state index is -0.0762. The Labute approximate surface area is 114 Å². The molecule has 1 amide bonds. The van der Waals surface area contributed by atoms with E-state index in [1.165, 1.54) is 12.8 Å². The molecule has 4 heteroatoms. The van der Waals surface area contributed by atoms with Crippen LogP contribution in [0.4, 0.5) is 5.69 Å². The van der Waals surface area contributed by atoms with E-state index in [-0.39, 0.29) is 11.9 Å². The van der Waals surface area contributed by atoms with Crippen molar-refractivity contribution in [2.75, 3.05) is 11.4 Å². The maximum absolute atomic E-state index is 12.7. The van der Waals surface area contributed by atoms with Gasteiger partial charge in [0.25, 0.3) is 0 Å². The second-order valence-corrected chi connectivity index (χ2v) is 5.39. The average molecular weight is 259 g/mol. The smallest absolute Gasteiger partial charge is 0.245 e. The summed E-state index contributed by atoms with van der Waals surface area (Å²) in [6.45, 7) is 2.73. The van der Waals surface area contributed by atoms with Crippen LogP contribution in [-0.2, 0) is 4.79 Å². The highest BCUT2D eigenvalue weighted by atomic mass is 16.2. The first-order valence-electron chi connectivity index (χ1n) is 7.18. The first kappa shape index (κ1) is 12.6. The fourth-order valence-corrected chi connectivity index (χ4v) is 3.36. The second kappa shape index (κ2) is 5.31. The summed E-state index contributed by atoms with van der Waals surface area (Å²) in [6, 6.07) is 10.3. The van der Waals surface area contributed by atoms with Gasteiger partial charge in [-0.15, -0.1) is 0 Å². The molecule has 0 aromatic heterocycles. The summed E-state index contributed by atoms with van der Waals surface area (Å²) in [5.41, 5.74) is 7.47. The molecule has 1 saturated carbocycles. The molecule has 102 valence electrons. The molecule has 1 aliphatic heterocycles. The Morgan fingerprint density at radius 3 is 2.79 bits per heavy atom. The number of nitrogens with one attached hydrogen (secondary N) is 2. The van der Waals surface area contributed by atoms with Crippen molar-refractivity contribution in [1.29, 1.82) is 0 Å². The van der Waals surface area contributed by atoms with E-state index in [2.05, 4.69) is 10.9 Å². The number of hydrogen-bond acceptors (Lipinski definition) is 3. The number of likely N-dealkylation sites (N-methyl/N-ethyl adjacent to an activating group) is 1. The molecule has 1 heterocycles. The van der Waals surface area contributed by atoms with E-state index in [1.807, 2.05) is 42.2 Å². The third-order valence-electron chi connectivity index (χ3n) is 4.34. The van der Waals surface area contributed by atoms with Crippen LogP contribution in [-0.4, -0.2) is 24.5 Å². The van der Waals surface area contributed by atoms with Gasteiger partial charge in [-0.05, 0) is 31.9 Å². The molecule has 4 nitrogen and oxygen atoms in total. The zero-order valence-electron chi connectivity index (χ0n) is 11.3. The molecule has 3 unspecified atom stereocenters. The third kappa shape index (κ3) is 2.26. The predicted octanol–water partition coefficient (Wildman–Crippen LogP) is 1.68. The van der Waals surface area contributed by atoms with Gasteiger partial charge in [0.1, 0.15) is 6.04 Å². The summed E-state index contributed by atoms with van der Waals surface area (Å²) in [4.78, 5) is 14.6. The fourth-order valence-electron chi connectivity index (χ4n) is 3.36. The minimum Gasteiger partial charge on any atom is -0.311 e. The summed E-state index contributed by atoms with van der Waals surface area (Å²) in [7, 11) is 0. The zero-order valence-corrected chi connectivity index (χ0v) is 11.3. The molecule has 0 radical (unpaired) electrons. The lowest BCUT2D eigenvalue weighted by Gasteiger charge is -2.26. The summed E-state index contributed by atoms with van der Waals surface area (Å²) in [6.07, 6.45) is 3.55. The van der Waals surface area contributed by atoms with Crippen LogP contribution in [0.15, 0.2) is 30.3 Å². The molecule has 2 fully saturated rings. The van der Waals surface area contributed by atoms with Crippen molar-refractivity contribution in [2.24, 2.45) is 5.92 Å². The van der Waals surface area contributed by atoms with E-state index in [0.717, 1.165) is 12.1 Å². The summed E-state index contributed by atoms with van der Waals surface area (Å²) in [5.74, 6) is 0.640. The number of fused-ring (bicyclic) bond motifs is 1. The van der Waals surface area contributed by atoms with Crippen molar-refractivity contribution in [3.05, 3.63) is 30.3 Å². The Morgan fingerprint density at radius 2 is 2.05 bits per heavy atom. The van der Waals surface area contributed by atoms with E-state index in [9.17, 15) is 4.79 Å². The van der Waals surface area contributed by atoms with E-state index < -0.39 is 0 Å². The van der Waals surface area contributed by atoms with E-state index in [0.29, 0.717) is 18.5 Å². The van der Waals surface area contributed by atoms with Gasteiger partial charge in [-0.25, -0.2) is 5.43 Å². The third-order valence-corrected chi connectivity index (χ3v) is 4.34. The van der Waals surface area contributed by atoms with Crippen LogP contribution in [0, 0.1) is 5.92 Å². The molecule has 2 N–H and O–H groups in total. The number of carbonyl (C=O) groups is 1. The molecular formula is C15H21N3O. The van der Waals surface area contributed by atoms with Crippen molar-refractivity contribution < 1.29 is 4.79 Å². The van der Waals surface area contributed by atoms with Crippen LogP contribution in [0.25, 0.3) is 0 Å². The molecule has 3 rings (SSSR count). The van der Waals surface area contributed by atoms with Crippen molar-refractivity contribution in [3.63, 3.8) is 0 Å². The lowest BCUT2D eigenvalue weighted by Crippen LogP contribution is -2.48. The van der Waals surface area contributed by atoms with Crippen LogP contribution in [0.3, 0.4) is 0 Å². The topological polar surface area (TPSA) is 44.4 Å². The number of nitrogens with zero attached hydrogens (tertiary/aromatic N) is 1. The molecule has 1 aliphatic carbocycles. The van der Waals surface area contributed by atoms with E-state index in [1.54, 1.807) is 0 Å². The maximum atomic E-state index is 12.7. The first-order valence-corrected chi connectivity index (χ1v) is 7.18. The number of benzene rings is 1. The summed E-state index contributed by atoms with van der Waals surface area (Å²) < 4.78 is 0. The van der Waals surface area contributed by atoms with Gasteiger partial charge in [0, 0.05) is 24.2 Å². The normalized spacial score (nSPS) is 29.2. The van der Waals surface area contributed by atoms with Crippen LogP contribution >= 0.6 is 0 Å². The van der Waals surface area contributed by atoms with Crippen molar-refractivity contribution >= 4 is 11.6 Å². The minimum absolute atomic E-state index is 0.0762. The highest BCUT2D eigenvalue weighted by molar-refractivity contribution is 5.97. The molecular weight excluding hydrogens is 238 g/mol. The van der Waals surface area contributed by atoms with Gasteiger partial charge in [-0.3, -0.25) is 10.2 Å². The lowest BCUT2D eigenvalue weighted by atomic mass is 9.96. The van der Waals surface area contributed by atoms with Crippen molar-refractivity contribution in [3.8, 4) is 0 Å². The Balaban J connectivity index is 1.78. The number of hydrogen-bond donors (Lipinski definition) is 2. The van der Waals surface area contributed by atoms with Crippen molar-refractivity contribution in [2.45, 2.75) is 38.3 Å². The largest absolute Gasteiger partial charge is 0.311 e. The molecule has 1 aromatic carbocycles. The number of rotatable bonds is 3. The number of carbonyl (C=O) groups excluding carboxylic acids is 1. The molecule has 1 aromatic rings. The quantitative estimate of drug-likeness (QED) is 0.868. The first-order chi connectivity index (χ1) is 9.31. The number of hydrazine groups is 1. The fraction of sp³-hybridized carbons (Fsp3) is 0.533. The highest BCUT2D eigenvalue weighted by Gasteiger charge is 2.43. The van der Waals surface area contributed by atoms with Gasteiger partial charge in [0.2, 0.25) is 5.91 Å². The molecule has 3 atom stereocenters. The van der Waals surface area contributed by atoms with Gasteiger partial charge < -0.3 is 4.90 Å². The lowest BCUT2D eigenvalue weighted by molar-refractivity contribution is -0.121. The maximum Gasteiger partial charge on any atom is 0.245 e. The molecule has 0 spiro atoms. The second-order valence-electron chi connectivity index (χ2n) is 5.39. The van der Waals surface area contributed by atoms with Gasteiger partial charge in [0.15, 0.2) is 0 Å². The monoisotopic (exact) mass is 259 g/mol. The number of amides is 1. The summed E-state index contributed by atoms with van der Waals surface area (Å²) >= 11 is 0.